The molecular weight excluding hydrogens is 254 g/mol. The molecule has 0 unspecified atom stereocenters. The Hall–Kier alpha value is -2.42. The lowest BCUT2D eigenvalue weighted by atomic mass is 10.1. The maximum absolute atomic E-state index is 12.4. The minimum atomic E-state index is -0.0405. The molecule has 6 heteroatoms. The van der Waals surface area contributed by atoms with Gasteiger partial charge in [0.15, 0.2) is 5.78 Å². The molecule has 6 nitrogen and oxygen atoms in total. The van der Waals surface area contributed by atoms with Crippen LogP contribution in [-0.2, 0) is 6.54 Å². The predicted octanol–water partition coefficient (Wildman–Crippen LogP) is 2.03. The van der Waals surface area contributed by atoms with Gasteiger partial charge in [0, 0.05) is 23.0 Å². The SMILES string of the molecule is Cc1cc(C(=O)Cn2cnnc2C#N)c(C)n1C(C)C. The summed E-state index contributed by atoms with van der Waals surface area (Å²) < 4.78 is 3.59. The van der Waals surface area contributed by atoms with Crippen molar-refractivity contribution in [1.82, 2.24) is 19.3 Å². The number of nitrogens with zero attached hydrogens (tertiary/aromatic N) is 5. The number of hydrogen-bond donors (Lipinski definition) is 0. The van der Waals surface area contributed by atoms with Crippen LogP contribution in [0.25, 0.3) is 0 Å². The second kappa shape index (κ2) is 5.29. The van der Waals surface area contributed by atoms with Gasteiger partial charge in [0.25, 0.3) is 0 Å². The second-order valence-corrected chi connectivity index (χ2v) is 5.07. The molecule has 0 spiro atoms. The van der Waals surface area contributed by atoms with Gasteiger partial charge in [-0.15, -0.1) is 10.2 Å². The van der Waals surface area contributed by atoms with E-state index in [1.807, 2.05) is 26.0 Å². The van der Waals surface area contributed by atoms with Crippen molar-refractivity contribution in [2.75, 3.05) is 0 Å². The molecule has 0 saturated heterocycles. The van der Waals surface area contributed by atoms with Gasteiger partial charge in [-0.3, -0.25) is 9.36 Å². The smallest absolute Gasteiger partial charge is 0.235 e. The van der Waals surface area contributed by atoms with Gasteiger partial charge in [-0.25, -0.2) is 0 Å². The molecule has 0 bridgehead atoms. The fourth-order valence-electron chi connectivity index (χ4n) is 2.55. The largest absolute Gasteiger partial charge is 0.346 e. The van der Waals surface area contributed by atoms with Crippen molar-refractivity contribution in [3.8, 4) is 6.07 Å². The van der Waals surface area contributed by atoms with Gasteiger partial charge < -0.3 is 4.57 Å². The minimum absolute atomic E-state index is 0.0405. The fourth-order valence-corrected chi connectivity index (χ4v) is 2.55. The predicted molar refractivity (Wildman–Crippen MR) is 73.4 cm³/mol. The molecule has 0 atom stereocenters. The standard InChI is InChI=1S/C14H17N5O/c1-9(2)19-10(3)5-12(11(19)4)13(20)7-18-8-16-17-14(18)6-15/h5,8-9H,7H2,1-4H3. The minimum Gasteiger partial charge on any atom is -0.346 e. The quantitative estimate of drug-likeness (QED) is 0.797. The zero-order chi connectivity index (χ0) is 14.9. The first-order chi connectivity index (χ1) is 9.45. The summed E-state index contributed by atoms with van der Waals surface area (Å²) in [7, 11) is 0. The molecule has 2 aromatic rings. The van der Waals surface area contributed by atoms with Gasteiger partial charge in [-0.05, 0) is 33.8 Å². The zero-order valence-corrected chi connectivity index (χ0v) is 12.1. The Morgan fingerprint density at radius 1 is 1.45 bits per heavy atom. The molecule has 20 heavy (non-hydrogen) atoms. The molecular formula is C14H17N5O. The van der Waals surface area contributed by atoms with E-state index in [0.717, 1.165) is 11.4 Å². The summed E-state index contributed by atoms with van der Waals surface area (Å²) >= 11 is 0. The highest BCUT2D eigenvalue weighted by Gasteiger charge is 2.18. The van der Waals surface area contributed by atoms with Crippen molar-refractivity contribution < 1.29 is 4.79 Å². The lowest BCUT2D eigenvalue weighted by Gasteiger charge is -2.13. The van der Waals surface area contributed by atoms with Crippen molar-refractivity contribution in [2.45, 2.75) is 40.3 Å². The third-order valence-electron chi connectivity index (χ3n) is 3.33. The maximum atomic E-state index is 12.4. The number of rotatable bonds is 4. The number of carbonyl (C=O) groups is 1. The second-order valence-electron chi connectivity index (χ2n) is 5.07. The van der Waals surface area contributed by atoms with Gasteiger partial charge in [0.2, 0.25) is 5.82 Å². The van der Waals surface area contributed by atoms with Crippen molar-refractivity contribution in [3.05, 3.63) is 35.2 Å². The number of nitriles is 1. The molecule has 2 heterocycles. The van der Waals surface area contributed by atoms with Gasteiger partial charge in [-0.1, -0.05) is 0 Å². The lowest BCUT2D eigenvalue weighted by molar-refractivity contribution is 0.0971. The van der Waals surface area contributed by atoms with E-state index >= 15 is 0 Å². The average Bonchev–Trinajstić information content (AvgIpc) is 2.93. The van der Waals surface area contributed by atoms with Crippen LogP contribution >= 0.6 is 0 Å². The van der Waals surface area contributed by atoms with Crippen LogP contribution in [0, 0.1) is 25.2 Å². The first-order valence-electron chi connectivity index (χ1n) is 6.45. The molecule has 0 fully saturated rings. The Balaban J connectivity index is 2.31. The van der Waals surface area contributed by atoms with E-state index in [-0.39, 0.29) is 18.2 Å². The highest BCUT2D eigenvalue weighted by molar-refractivity contribution is 5.97. The first kappa shape index (κ1) is 14.0. The van der Waals surface area contributed by atoms with Crippen LogP contribution in [0.4, 0.5) is 0 Å². The summed E-state index contributed by atoms with van der Waals surface area (Å²) in [6.45, 7) is 8.18. The van der Waals surface area contributed by atoms with Crippen LogP contribution in [0.5, 0.6) is 0 Å². The van der Waals surface area contributed by atoms with Gasteiger partial charge in [0.1, 0.15) is 12.4 Å². The third kappa shape index (κ3) is 2.35. The summed E-state index contributed by atoms with van der Waals surface area (Å²) in [5, 5.41) is 16.2. The summed E-state index contributed by atoms with van der Waals surface area (Å²) in [6.07, 6.45) is 1.40. The highest BCUT2D eigenvalue weighted by atomic mass is 16.1. The van der Waals surface area contributed by atoms with Crippen molar-refractivity contribution in [1.29, 1.82) is 5.26 Å². The molecule has 0 radical (unpaired) electrons. The van der Waals surface area contributed by atoms with E-state index in [1.54, 1.807) is 0 Å². The summed E-state index contributed by atoms with van der Waals surface area (Å²) in [4.78, 5) is 12.4. The van der Waals surface area contributed by atoms with E-state index in [1.165, 1.54) is 10.9 Å². The molecule has 0 aromatic carbocycles. The zero-order valence-electron chi connectivity index (χ0n) is 12.1. The Bertz CT molecular complexity index is 687. The normalized spacial score (nSPS) is 10.8. The molecule has 2 rings (SSSR count). The molecule has 0 aliphatic heterocycles. The Labute approximate surface area is 117 Å². The first-order valence-corrected chi connectivity index (χ1v) is 6.45. The Morgan fingerprint density at radius 3 is 2.70 bits per heavy atom. The van der Waals surface area contributed by atoms with Gasteiger partial charge >= 0.3 is 0 Å². The average molecular weight is 271 g/mol. The van der Waals surface area contributed by atoms with Crippen LogP contribution in [0.2, 0.25) is 0 Å². The van der Waals surface area contributed by atoms with Crippen molar-refractivity contribution in [3.63, 3.8) is 0 Å². The number of aryl methyl sites for hydroxylation is 1. The van der Waals surface area contributed by atoms with E-state index < -0.39 is 0 Å². The molecule has 0 amide bonds. The third-order valence-corrected chi connectivity index (χ3v) is 3.33. The van der Waals surface area contributed by atoms with E-state index in [0.29, 0.717) is 11.6 Å². The topological polar surface area (TPSA) is 76.5 Å². The van der Waals surface area contributed by atoms with Crippen LogP contribution in [-0.4, -0.2) is 25.1 Å². The van der Waals surface area contributed by atoms with E-state index in [9.17, 15) is 4.79 Å². The van der Waals surface area contributed by atoms with Crippen LogP contribution < -0.4 is 0 Å². The van der Waals surface area contributed by atoms with Gasteiger partial charge in [0.05, 0.1) is 6.54 Å². The van der Waals surface area contributed by atoms with E-state index in [2.05, 4.69) is 28.6 Å². The fraction of sp³-hybridized carbons (Fsp3) is 0.429. The molecule has 0 aliphatic rings. The highest BCUT2D eigenvalue weighted by Crippen LogP contribution is 2.21. The monoisotopic (exact) mass is 271 g/mol. The number of Topliss-reactive ketones (excluding diaryl/α,β-unsaturated/α-hetero) is 1. The van der Waals surface area contributed by atoms with Crippen molar-refractivity contribution >= 4 is 5.78 Å². The Kier molecular flexibility index (Phi) is 3.70. The summed E-state index contributed by atoms with van der Waals surface area (Å²) in [5.74, 6) is 0.109. The number of aromatic nitrogens is 4. The molecule has 0 saturated carbocycles. The number of carbonyl (C=O) groups excluding carboxylic acids is 1. The van der Waals surface area contributed by atoms with Crippen molar-refractivity contribution in [2.24, 2.45) is 0 Å². The van der Waals surface area contributed by atoms with Crippen LogP contribution in [0.15, 0.2) is 12.4 Å². The molecule has 0 N–H and O–H groups in total. The van der Waals surface area contributed by atoms with E-state index in [4.69, 9.17) is 5.26 Å². The summed E-state index contributed by atoms with van der Waals surface area (Å²) in [6, 6.07) is 4.12. The maximum Gasteiger partial charge on any atom is 0.235 e. The van der Waals surface area contributed by atoms with Gasteiger partial charge in [-0.2, -0.15) is 5.26 Å². The molecule has 2 aromatic heterocycles. The van der Waals surface area contributed by atoms with Crippen LogP contribution in [0.3, 0.4) is 0 Å². The van der Waals surface area contributed by atoms with Crippen LogP contribution in [0.1, 0.15) is 47.5 Å². The number of ketones is 1. The lowest BCUT2D eigenvalue weighted by Crippen LogP contribution is -2.13. The molecule has 0 aliphatic carbocycles. The summed E-state index contributed by atoms with van der Waals surface area (Å²) in [5.41, 5.74) is 2.70. The molecule has 104 valence electrons. The Morgan fingerprint density at radius 2 is 2.15 bits per heavy atom. The number of hydrogen-bond acceptors (Lipinski definition) is 4.